The van der Waals surface area contributed by atoms with Gasteiger partial charge in [-0.3, -0.25) is 19.3 Å². The molecule has 0 spiro atoms. The minimum absolute atomic E-state index is 0.141. The highest BCUT2D eigenvalue weighted by atomic mass is 32.2. The van der Waals surface area contributed by atoms with E-state index in [0.717, 1.165) is 16.2 Å². The van der Waals surface area contributed by atoms with Crippen molar-refractivity contribution >= 4 is 54.4 Å². The number of nitrogens with zero attached hydrogens (tertiary/aromatic N) is 3. The first-order valence-electron chi connectivity index (χ1n) is 10.5. The summed E-state index contributed by atoms with van der Waals surface area (Å²) < 4.78 is 33.0. The van der Waals surface area contributed by atoms with E-state index in [1.165, 1.54) is 23.4 Å². The third-order valence-corrected chi connectivity index (χ3v) is 8.62. The van der Waals surface area contributed by atoms with Crippen molar-refractivity contribution in [1.29, 1.82) is 0 Å². The Morgan fingerprint density at radius 3 is 2.38 bits per heavy atom. The number of ether oxygens (including phenoxy) is 1. The molecule has 1 saturated heterocycles. The van der Waals surface area contributed by atoms with Crippen molar-refractivity contribution in [2.45, 2.75) is 17.9 Å². The maximum absolute atomic E-state index is 12.9. The quantitative estimate of drug-likeness (QED) is 0.531. The van der Waals surface area contributed by atoms with Crippen molar-refractivity contribution < 1.29 is 27.5 Å². The zero-order valence-corrected chi connectivity index (χ0v) is 19.7. The summed E-state index contributed by atoms with van der Waals surface area (Å²) in [6.07, 6.45) is 0. The molecule has 2 aromatic carbocycles. The Kier molecular flexibility index (Phi) is 5.68. The lowest BCUT2D eigenvalue weighted by atomic mass is 10.1. The topological polar surface area (TPSA) is 126 Å². The van der Waals surface area contributed by atoms with Gasteiger partial charge in [0.2, 0.25) is 15.9 Å². The highest BCUT2D eigenvalue weighted by Crippen LogP contribution is 2.30. The lowest BCUT2D eigenvalue weighted by Gasteiger charge is -2.25. The van der Waals surface area contributed by atoms with Gasteiger partial charge in [0.05, 0.1) is 39.5 Å². The number of hydrogen-bond donors (Lipinski definition) is 1. The van der Waals surface area contributed by atoms with Crippen LogP contribution in [0.3, 0.4) is 0 Å². The molecule has 3 heterocycles. The Morgan fingerprint density at radius 2 is 1.74 bits per heavy atom. The van der Waals surface area contributed by atoms with Crippen LogP contribution in [-0.4, -0.2) is 72.7 Å². The molecule has 1 N–H and O–H groups in total. The molecule has 34 heavy (non-hydrogen) atoms. The van der Waals surface area contributed by atoms with Gasteiger partial charge in [-0.2, -0.15) is 4.31 Å². The lowest BCUT2D eigenvalue weighted by molar-refractivity contribution is -0.119. The zero-order valence-electron chi connectivity index (χ0n) is 18.1. The zero-order chi connectivity index (χ0) is 24.0. The highest BCUT2D eigenvalue weighted by Gasteiger charge is 2.40. The summed E-state index contributed by atoms with van der Waals surface area (Å²) in [5.74, 6) is -1.62. The largest absolute Gasteiger partial charge is 0.379 e. The first kappa shape index (κ1) is 22.6. The highest BCUT2D eigenvalue weighted by molar-refractivity contribution is 7.89. The smallest absolute Gasteiger partial charge is 0.262 e. The van der Waals surface area contributed by atoms with Crippen LogP contribution in [-0.2, 0) is 19.6 Å². The first-order valence-corrected chi connectivity index (χ1v) is 12.8. The number of carbonyl (C=O) groups is 3. The number of hydrogen-bond acceptors (Lipinski definition) is 8. The maximum atomic E-state index is 12.9. The first-order chi connectivity index (χ1) is 16.3. The minimum Gasteiger partial charge on any atom is -0.379 e. The standard InChI is InChI=1S/C22H20N4O6S2/c1-13(26-20(28)15-4-2-3-5-16(15)21(26)29)19(27)24-22-23-17-7-6-14(12-18(17)33-22)34(30,31)25-8-10-32-11-9-25/h2-7,12-13H,8-11H2,1H3,(H,23,24,27)/t13-/m0/s1. The third-order valence-electron chi connectivity index (χ3n) is 5.79. The maximum Gasteiger partial charge on any atom is 0.262 e. The molecule has 1 atom stereocenters. The van der Waals surface area contributed by atoms with E-state index >= 15 is 0 Å². The summed E-state index contributed by atoms with van der Waals surface area (Å²) in [6.45, 7) is 2.75. The van der Waals surface area contributed by atoms with E-state index in [0.29, 0.717) is 36.5 Å². The molecule has 5 rings (SSSR count). The van der Waals surface area contributed by atoms with Gasteiger partial charge in [0.25, 0.3) is 11.8 Å². The molecule has 0 unspecified atom stereocenters. The molecule has 1 fully saturated rings. The fourth-order valence-electron chi connectivity index (χ4n) is 3.94. The van der Waals surface area contributed by atoms with Gasteiger partial charge in [-0.25, -0.2) is 13.4 Å². The van der Waals surface area contributed by atoms with Crippen molar-refractivity contribution in [3.8, 4) is 0 Å². The number of anilines is 1. The molecule has 0 aliphatic carbocycles. The van der Waals surface area contributed by atoms with Gasteiger partial charge in [-0.1, -0.05) is 23.5 Å². The van der Waals surface area contributed by atoms with E-state index in [9.17, 15) is 22.8 Å². The van der Waals surface area contributed by atoms with E-state index in [2.05, 4.69) is 10.3 Å². The Morgan fingerprint density at radius 1 is 1.09 bits per heavy atom. The van der Waals surface area contributed by atoms with Gasteiger partial charge >= 0.3 is 0 Å². The number of carbonyl (C=O) groups excluding carboxylic acids is 3. The average Bonchev–Trinajstić information content (AvgIpc) is 3.36. The van der Waals surface area contributed by atoms with Gasteiger partial charge in [-0.05, 0) is 37.3 Å². The van der Waals surface area contributed by atoms with Crippen LogP contribution < -0.4 is 5.32 Å². The molecule has 1 aromatic heterocycles. The number of sulfonamides is 1. The molecule has 3 amide bonds. The Bertz CT molecular complexity index is 1390. The Hall–Kier alpha value is -3.19. The molecular weight excluding hydrogens is 480 g/mol. The number of morpholine rings is 1. The molecular formula is C22H20N4O6S2. The summed E-state index contributed by atoms with van der Waals surface area (Å²) in [5, 5.41) is 2.88. The number of aromatic nitrogens is 1. The van der Waals surface area contributed by atoms with E-state index in [4.69, 9.17) is 4.74 Å². The van der Waals surface area contributed by atoms with Crippen molar-refractivity contribution in [3.63, 3.8) is 0 Å². The van der Waals surface area contributed by atoms with Crippen molar-refractivity contribution in [2.24, 2.45) is 0 Å². The molecule has 10 nitrogen and oxygen atoms in total. The average molecular weight is 501 g/mol. The van der Waals surface area contributed by atoms with Gasteiger partial charge in [0.1, 0.15) is 6.04 Å². The summed E-state index contributed by atoms with van der Waals surface area (Å²) in [6, 6.07) is 9.96. The van der Waals surface area contributed by atoms with Crippen LogP contribution in [0.2, 0.25) is 0 Å². The predicted molar refractivity (Wildman–Crippen MR) is 124 cm³/mol. The molecule has 176 valence electrons. The fraction of sp³-hybridized carbons (Fsp3) is 0.273. The minimum atomic E-state index is -3.67. The molecule has 3 aromatic rings. The van der Waals surface area contributed by atoms with E-state index in [1.807, 2.05) is 0 Å². The monoisotopic (exact) mass is 500 g/mol. The van der Waals surface area contributed by atoms with E-state index in [1.54, 1.807) is 30.3 Å². The van der Waals surface area contributed by atoms with Crippen molar-refractivity contribution in [3.05, 3.63) is 53.6 Å². The number of rotatable bonds is 5. The van der Waals surface area contributed by atoms with Crippen LogP contribution in [0.5, 0.6) is 0 Å². The third kappa shape index (κ3) is 3.78. The lowest BCUT2D eigenvalue weighted by Crippen LogP contribution is -2.45. The van der Waals surface area contributed by atoms with Crippen LogP contribution in [0.1, 0.15) is 27.6 Å². The van der Waals surface area contributed by atoms with Crippen LogP contribution in [0.15, 0.2) is 47.4 Å². The van der Waals surface area contributed by atoms with Crippen LogP contribution in [0.25, 0.3) is 10.2 Å². The normalized spacial score (nSPS) is 17.7. The Balaban J connectivity index is 1.35. The van der Waals surface area contributed by atoms with Gasteiger partial charge < -0.3 is 10.1 Å². The van der Waals surface area contributed by atoms with Crippen LogP contribution in [0, 0.1) is 0 Å². The number of thiazole rings is 1. The number of imide groups is 1. The molecule has 0 saturated carbocycles. The second-order valence-electron chi connectivity index (χ2n) is 7.86. The molecule has 2 aliphatic rings. The summed E-state index contributed by atoms with van der Waals surface area (Å²) in [5.41, 5.74) is 1.05. The summed E-state index contributed by atoms with van der Waals surface area (Å²) in [7, 11) is -3.67. The fourth-order valence-corrected chi connectivity index (χ4v) is 6.36. The molecule has 2 aliphatic heterocycles. The van der Waals surface area contributed by atoms with Crippen molar-refractivity contribution in [2.75, 3.05) is 31.6 Å². The molecule has 0 bridgehead atoms. The second kappa shape index (κ2) is 8.55. The Labute approximate surface area is 199 Å². The molecule has 12 heteroatoms. The SMILES string of the molecule is C[C@@H](C(=O)Nc1nc2ccc(S(=O)(=O)N3CCOCC3)cc2s1)N1C(=O)c2ccccc2C1=O. The van der Waals surface area contributed by atoms with E-state index < -0.39 is 33.8 Å². The van der Waals surface area contributed by atoms with Crippen LogP contribution in [0.4, 0.5) is 5.13 Å². The van der Waals surface area contributed by atoms with Gasteiger partial charge in [-0.15, -0.1) is 0 Å². The second-order valence-corrected chi connectivity index (χ2v) is 10.8. The van der Waals surface area contributed by atoms with Crippen LogP contribution >= 0.6 is 11.3 Å². The number of benzene rings is 2. The van der Waals surface area contributed by atoms with E-state index in [-0.39, 0.29) is 21.2 Å². The number of amides is 3. The predicted octanol–water partition coefficient (Wildman–Crippen LogP) is 1.94. The number of nitrogens with one attached hydrogen (secondary N) is 1. The van der Waals surface area contributed by atoms with Gasteiger partial charge in [0.15, 0.2) is 5.13 Å². The summed E-state index contributed by atoms with van der Waals surface area (Å²) in [4.78, 5) is 43.6. The van der Waals surface area contributed by atoms with Gasteiger partial charge in [0, 0.05) is 13.1 Å². The van der Waals surface area contributed by atoms with Crippen molar-refractivity contribution in [1.82, 2.24) is 14.2 Å². The molecule has 0 radical (unpaired) electrons. The number of fused-ring (bicyclic) bond motifs is 2. The summed E-state index contributed by atoms with van der Waals surface area (Å²) >= 11 is 1.11.